The van der Waals surface area contributed by atoms with Crippen LogP contribution in [0.15, 0.2) is 23.1 Å². The lowest BCUT2D eigenvalue weighted by molar-refractivity contribution is 0.706. The second-order valence-electron chi connectivity index (χ2n) is 2.20. The van der Waals surface area contributed by atoms with Crippen LogP contribution in [0.25, 0.3) is 0 Å². The third kappa shape index (κ3) is 1.62. The van der Waals surface area contributed by atoms with Gasteiger partial charge in [0.1, 0.15) is 0 Å². The Bertz CT molecular complexity index is 163. The Morgan fingerprint density at radius 1 is 1.70 bits per heavy atom. The van der Waals surface area contributed by atoms with Crippen LogP contribution in [0.2, 0.25) is 0 Å². The highest BCUT2D eigenvalue weighted by atomic mass is 32.2. The van der Waals surface area contributed by atoms with Crippen molar-refractivity contribution in [3.63, 3.8) is 0 Å². The van der Waals surface area contributed by atoms with Crippen LogP contribution in [-0.2, 0) is 0 Å². The normalized spacial score (nSPS) is 19.3. The molecule has 0 aliphatic carbocycles. The van der Waals surface area contributed by atoms with E-state index in [9.17, 15) is 0 Å². The topological polar surface area (TPSA) is 38.0 Å². The lowest BCUT2D eigenvalue weighted by Gasteiger charge is -2.16. The van der Waals surface area contributed by atoms with Gasteiger partial charge in [-0.1, -0.05) is 24.6 Å². The van der Waals surface area contributed by atoms with Crippen molar-refractivity contribution in [2.75, 3.05) is 13.1 Å². The molecular weight excluding hydrogens is 144 g/mol. The van der Waals surface area contributed by atoms with Gasteiger partial charge in [0, 0.05) is 18.0 Å². The van der Waals surface area contributed by atoms with Gasteiger partial charge in [-0.25, -0.2) is 0 Å². The molecule has 0 amide bonds. The fraction of sp³-hybridized carbons (Fsp3) is 0.429. The van der Waals surface area contributed by atoms with Crippen molar-refractivity contribution < 1.29 is 0 Å². The van der Waals surface area contributed by atoms with Gasteiger partial charge in [0.25, 0.3) is 0 Å². The Morgan fingerprint density at radius 3 is 3.00 bits per heavy atom. The molecule has 0 fully saturated rings. The van der Waals surface area contributed by atoms with Crippen LogP contribution in [-0.4, -0.2) is 13.1 Å². The largest absolute Gasteiger partial charge is 0.312 e. The van der Waals surface area contributed by atoms with Gasteiger partial charge in [-0.2, -0.15) is 0 Å². The van der Waals surface area contributed by atoms with Crippen LogP contribution < -0.4 is 10.5 Å². The van der Waals surface area contributed by atoms with Gasteiger partial charge in [-0.15, -0.1) is 0 Å². The van der Waals surface area contributed by atoms with Gasteiger partial charge in [-0.05, 0) is 12.0 Å². The molecule has 1 aliphatic rings. The highest BCUT2D eigenvalue weighted by Gasteiger charge is 2.07. The summed E-state index contributed by atoms with van der Waals surface area (Å²) >= 11 is 1.35. The van der Waals surface area contributed by atoms with Crippen molar-refractivity contribution in [2.45, 2.75) is 6.42 Å². The van der Waals surface area contributed by atoms with Gasteiger partial charge in [-0.3, -0.25) is 5.14 Å². The zero-order valence-corrected chi connectivity index (χ0v) is 6.71. The first-order valence-electron chi connectivity index (χ1n) is 3.30. The zero-order valence-electron chi connectivity index (χ0n) is 5.89. The summed E-state index contributed by atoms with van der Waals surface area (Å²) in [5, 5.41) is 8.70. The Kier molecular flexibility index (Phi) is 2.99. The van der Waals surface area contributed by atoms with E-state index in [2.05, 4.69) is 11.9 Å². The van der Waals surface area contributed by atoms with Crippen molar-refractivity contribution in [1.29, 1.82) is 0 Å². The summed E-state index contributed by atoms with van der Waals surface area (Å²) in [7, 11) is 0. The summed E-state index contributed by atoms with van der Waals surface area (Å²) in [5.41, 5.74) is 1.25. The van der Waals surface area contributed by atoms with Crippen LogP contribution in [0.5, 0.6) is 0 Å². The monoisotopic (exact) mass is 156 g/mol. The van der Waals surface area contributed by atoms with Crippen LogP contribution in [0.1, 0.15) is 6.42 Å². The average molecular weight is 156 g/mol. The van der Waals surface area contributed by atoms with E-state index in [1.807, 2.05) is 6.08 Å². The minimum Gasteiger partial charge on any atom is -0.312 e. The van der Waals surface area contributed by atoms with Crippen LogP contribution >= 0.6 is 11.9 Å². The maximum atomic E-state index is 5.45. The van der Waals surface area contributed by atoms with Gasteiger partial charge in [0.15, 0.2) is 0 Å². The van der Waals surface area contributed by atoms with Crippen molar-refractivity contribution in [2.24, 2.45) is 5.14 Å². The molecule has 0 atom stereocenters. The number of nitrogens with one attached hydrogen (secondary N) is 1. The lowest BCUT2D eigenvalue weighted by Crippen LogP contribution is -2.23. The Morgan fingerprint density at radius 2 is 2.50 bits per heavy atom. The van der Waals surface area contributed by atoms with Crippen molar-refractivity contribution in [3.8, 4) is 0 Å². The number of hydrogen-bond donors (Lipinski definition) is 2. The summed E-state index contributed by atoms with van der Waals surface area (Å²) < 4.78 is 0. The third-order valence-electron chi connectivity index (χ3n) is 1.59. The molecule has 3 heteroatoms. The average Bonchev–Trinajstić information content (AvgIpc) is 2.04. The molecule has 0 saturated carbocycles. The van der Waals surface area contributed by atoms with Crippen LogP contribution in [0, 0.1) is 0 Å². The maximum absolute atomic E-state index is 5.45. The third-order valence-corrected chi connectivity index (χ3v) is 2.34. The summed E-state index contributed by atoms with van der Waals surface area (Å²) in [6.07, 6.45) is 2.92. The molecule has 0 aromatic heterocycles. The second kappa shape index (κ2) is 3.81. The van der Waals surface area contributed by atoms with Crippen LogP contribution in [0.3, 0.4) is 0 Å². The molecule has 0 aromatic rings. The standard InChI is InChI=1S/C7H12N2S/c1-2-6-5-9-4-3-7(6)10-8/h2,9H,1,3-5,8H2. The van der Waals surface area contributed by atoms with Gasteiger partial charge >= 0.3 is 0 Å². The predicted molar refractivity (Wildman–Crippen MR) is 46.5 cm³/mol. The summed E-state index contributed by atoms with van der Waals surface area (Å²) in [4.78, 5) is 1.27. The van der Waals surface area contributed by atoms with Gasteiger partial charge in [0.2, 0.25) is 0 Å². The molecule has 1 aliphatic heterocycles. The molecule has 10 heavy (non-hydrogen) atoms. The number of rotatable bonds is 2. The minimum atomic E-state index is 0.920. The highest BCUT2D eigenvalue weighted by molar-refractivity contribution is 8.00. The van der Waals surface area contributed by atoms with Crippen LogP contribution in [0.4, 0.5) is 0 Å². The van der Waals surface area contributed by atoms with E-state index >= 15 is 0 Å². The zero-order chi connectivity index (χ0) is 7.40. The molecule has 3 N–H and O–H groups in total. The van der Waals surface area contributed by atoms with Gasteiger partial charge in [0.05, 0.1) is 0 Å². The number of nitrogens with two attached hydrogens (primary N) is 1. The van der Waals surface area contributed by atoms with E-state index in [1.54, 1.807) is 0 Å². The van der Waals surface area contributed by atoms with Crippen molar-refractivity contribution in [1.82, 2.24) is 5.32 Å². The van der Waals surface area contributed by atoms with E-state index in [0.29, 0.717) is 0 Å². The first kappa shape index (κ1) is 7.85. The number of hydrogen-bond acceptors (Lipinski definition) is 3. The summed E-state index contributed by atoms with van der Waals surface area (Å²) in [6, 6.07) is 0. The summed E-state index contributed by atoms with van der Waals surface area (Å²) in [6.45, 7) is 5.67. The van der Waals surface area contributed by atoms with E-state index in [1.165, 1.54) is 22.4 Å². The quantitative estimate of drug-likeness (QED) is 0.586. The van der Waals surface area contributed by atoms with Crippen molar-refractivity contribution >= 4 is 11.9 Å². The predicted octanol–water partition coefficient (Wildman–Crippen LogP) is 1.03. The Labute approximate surface area is 65.7 Å². The molecule has 0 spiro atoms. The molecule has 1 heterocycles. The molecular formula is C7H12N2S. The first-order chi connectivity index (χ1) is 4.88. The summed E-state index contributed by atoms with van der Waals surface area (Å²) in [5.74, 6) is 0. The molecule has 2 nitrogen and oxygen atoms in total. The van der Waals surface area contributed by atoms with Gasteiger partial charge < -0.3 is 5.32 Å². The fourth-order valence-corrected chi connectivity index (χ4v) is 1.53. The van der Waals surface area contributed by atoms with E-state index < -0.39 is 0 Å². The molecule has 1 rings (SSSR count). The molecule has 0 aromatic carbocycles. The molecule has 0 radical (unpaired) electrons. The first-order valence-corrected chi connectivity index (χ1v) is 4.18. The fourth-order valence-electron chi connectivity index (χ4n) is 1.00. The SMILES string of the molecule is C=CC1=C(SN)CCNC1. The lowest BCUT2D eigenvalue weighted by atomic mass is 10.1. The second-order valence-corrected chi connectivity index (χ2v) is 2.93. The minimum absolute atomic E-state index is 0.920. The Hall–Kier alpha value is -0.250. The van der Waals surface area contributed by atoms with E-state index in [4.69, 9.17) is 5.14 Å². The smallest absolute Gasteiger partial charge is 0.0213 e. The van der Waals surface area contributed by atoms with E-state index in [0.717, 1.165) is 19.5 Å². The molecule has 0 bridgehead atoms. The Balaban J connectivity index is 2.72. The maximum Gasteiger partial charge on any atom is 0.0213 e. The molecule has 0 unspecified atom stereocenters. The molecule has 0 saturated heterocycles. The van der Waals surface area contributed by atoms with E-state index in [-0.39, 0.29) is 0 Å². The highest BCUT2D eigenvalue weighted by Crippen LogP contribution is 2.20. The van der Waals surface area contributed by atoms with Crippen molar-refractivity contribution in [3.05, 3.63) is 23.1 Å². The molecule has 56 valence electrons.